The molecule has 0 saturated carbocycles. The smallest absolute Gasteiger partial charge is 0.337 e. The monoisotopic (exact) mass is 312 g/mol. The van der Waals surface area contributed by atoms with Crippen molar-refractivity contribution in [3.05, 3.63) is 29.8 Å². The third-order valence-electron chi connectivity index (χ3n) is 3.55. The van der Waals surface area contributed by atoms with Crippen LogP contribution < -0.4 is 10.6 Å². The van der Waals surface area contributed by atoms with Gasteiger partial charge >= 0.3 is 5.97 Å². The van der Waals surface area contributed by atoms with E-state index in [1.54, 1.807) is 24.3 Å². The van der Waals surface area contributed by atoms with Crippen molar-refractivity contribution < 1.29 is 14.3 Å². The molecule has 0 unspecified atom stereocenters. The summed E-state index contributed by atoms with van der Waals surface area (Å²) in [7, 11) is 1.34. The molecule has 1 fully saturated rings. The highest BCUT2D eigenvalue weighted by Crippen LogP contribution is 2.19. The Morgan fingerprint density at radius 2 is 2.14 bits per heavy atom. The number of piperidine rings is 1. The van der Waals surface area contributed by atoms with Crippen LogP contribution in [0.25, 0.3) is 0 Å². The second kappa shape index (κ2) is 8.00. The summed E-state index contributed by atoms with van der Waals surface area (Å²) in [6, 6.07) is 7.16. The molecule has 6 heteroatoms. The molecule has 2 atom stereocenters. The van der Waals surface area contributed by atoms with E-state index >= 15 is 0 Å². The van der Waals surface area contributed by atoms with Crippen molar-refractivity contribution in [2.75, 3.05) is 19.0 Å². The Morgan fingerprint density at radius 3 is 2.81 bits per heavy atom. The third kappa shape index (κ3) is 4.72. The molecule has 2 N–H and O–H groups in total. The summed E-state index contributed by atoms with van der Waals surface area (Å²) >= 11 is 0. The van der Waals surface area contributed by atoms with E-state index in [0.717, 1.165) is 19.4 Å². The summed E-state index contributed by atoms with van der Waals surface area (Å²) < 4.78 is 4.67. The topological polar surface area (TPSA) is 67.4 Å². The van der Waals surface area contributed by atoms with Crippen LogP contribution in [-0.4, -0.2) is 31.6 Å². The van der Waals surface area contributed by atoms with Gasteiger partial charge in [0, 0.05) is 17.6 Å². The number of carbonyl (C=O) groups excluding carboxylic acids is 2. The first-order chi connectivity index (χ1) is 9.60. The van der Waals surface area contributed by atoms with Crippen molar-refractivity contribution in [1.82, 2.24) is 5.32 Å². The van der Waals surface area contributed by atoms with Gasteiger partial charge in [-0.1, -0.05) is 6.07 Å². The second-order valence-corrected chi connectivity index (χ2v) is 5.14. The van der Waals surface area contributed by atoms with Crippen molar-refractivity contribution in [2.24, 2.45) is 5.92 Å². The number of halogens is 1. The lowest BCUT2D eigenvalue weighted by Gasteiger charge is -2.27. The van der Waals surface area contributed by atoms with Gasteiger partial charge in [-0.3, -0.25) is 4.79 Å². The predicted octanol–water partition coefficient (Wildman–Crippen LogP) is 2.22. The second-order valence-electron chi connectivity index (χ2n) is 5.14. The summed E-state index contributed by atoms with van der Waals surface area (Å²) in [6.07, 6.45) is 1.68. The predicted molar refractivity (Wildman–Crippen MR) is 83.8 cm³/mol. The van der Waals surface area contributed by atoms with E-state index in [0.29, 0.717) is 17.3 Å². The molecule has 2 rings (SSSR count). The molecule has 5 nitrogen and oxygen atoms in total. The number of rotatable bonds is 3. The van der Waals surface area contributed by atoms with Gasteiger partial charge in [-0.05, 0) is 44.5 Å². The number of anilines is 1. The molecular weight excluding hydrogens is 292 g/mol. The quantitative estimate of drug-likeness (QED) is 0.840. The zero-order valence-electron chi connectivity index (χ0n) is 12.2. The summed E-state index contributed by atoms with van der Waals surface area (Å²) in [4.78, 5) is 23.7. The lowest BCUT2D eigenvalue weighted by atomic mass is 9.92. The first-order valence-electron chi connectivity index (χ1n) is 6.82. The molecule has 1 amide bonds. The number of carbonyl (C=O) groups is 2. The Hall–Kier alpha value is -1.59. The maximum atomic E-state index is 12.2. The van der Waals surface area contributed by atoms with E-state index in [2.05, 4.69) is 22.3 Å². The molecule has 1 aliphatic rings. The summed E-state index contributed by atoms with van der Waals surface area (Å²) in [6.45, 7) is 2.94. The maximum Gasteiger partial charge on any atom is 0.337 e. The van der Waals surface area contributed by atoms with Crippen LogP contribution in [0.15, 0.2) is 24.3 Å². The van der Waals surface area contributed by atoms with Crippen LogP contribution in [0.2, 0.25) is 0 Å². The van der Waals surface area contributed by atoms with Crippen molar-refractivity contribution >= 4 is 30.0 Å². The Labute approximate surface area is 130 Å². The lowest BCUT2D eigenvalue weighted by molar-refractivity contribution is -0.120. The van der Waals surface area contributed by atoms with Crippen LogP contribution in [0, 0.1) is 5.92 Å². The number of nitrogens with one attached hydrogen (secondary N) is 2. The largest absolute Gasteiger partial charge is 0.465 e. The number of methoxy groups -OCH3 is 1. The van der Waals surface area contributed by atoms with E-state index in [4.69, 9.17) is 0 Å². The molecule has 0 spiro atoms. The molecule has 0 bridgehead atoms. The Kier molecular flexibility index (Phi) is 6.65. The molecule has 21 heavy (non-hydrogen) atoms. The van der Waals surface area contributed by atoms with Gasteiger partial charge < -0.3 is 15.4 Å². The zero-order valence-corrected chi connectivity index (χ0v) is 13.0. The molecule has 0 aromatic heterocycles. The van der Waals surface area contributed by atoms with Gasteiger partial charge in [0.25, 0.3) is 0 Å². The fourth-order valence-corrected chi connectivity index (χ4v) is 2.46. The van der Waals surface area contributed by atoms with Gasteiger partial charge in [-0.15, -0.1) is 12.4 Å². The highest BCUT2D eigenvalue weighted by Gasteiger charge is 2.24. The number of hydrogen-bond acceptors (Lipinski definition) is 4. The average Bonchev–Trinajstić information content (AvgIpc) is 2.46. The molecule has 0 aliphatic carbocycles. The highest BCUT2D eigenvalue weighted by molar-refractivity contribution is 5.95. The summed E-state index contributed by atoms with van der Waals surface area (Å²) in [5, 5.41) is 6.20. The number of amides is 1. The Balaban J connectivity index is 0.00000220. The first kappa shape index (κ1) is 17.5. The van der Waals surface area contributed by atoms with Crippen molar-refractivity contribution in [2.45, 2.75) is 25.8 Å². The standard InChI is InChI=1S/C15H20N2O3.ClH/c1-10-8-11(6-7-16-10)14(18)17-13-5-3-4-12(9-13)15(19)20-2;/h3-5,9-11,16H,6-8H2,1-2H3,(H,17,18);1H/t10-,11-;/m0./s1. The normalized spacial score (nSPS) is 21.0. The Morgan fingerprint density at radius 1 is 1.38 bits per heavy atom. The van der Waals surface area contributed by atoms with Gasteiger partial charge in [-0.25, -0.2) is 4.79 Å². The van der Waals surface area contributed by atoms with Gasteiger partial charge in [-0.2, -0.15) is 0 Å². The fourth-order valence-electron chi connectivity index (χ4n) is 2.46. The molecule has 1 aromatic rings. The van der Waals surface area contributed by atoms with E-state index in [-0.39, 0.29) is 24.2 Å². The number of esters is 1. The SMILES string of the molecule is COC(=O)c1cccc(NC(=O)[C@H]2CCN[C@@H](C)C2)c1.Cl. The molecular formula is C15H21ClN2O3. The van der Waals surface area contributed by atoms with E-state index in [1.807, 2.05) is 0 Å². The minimum Gasteiger partial charge on any atom is -0.465 e. The summed E-state index contributed by atoms with van der Waals surface area (Å²) in [5.74, 6) is -0.370. The molecule has 116 valence electrons. The van der Waals surface area contributed by atoms with Crippen LogP contribution in [0.4, 0.5) is 5.69 Å². The first-order valence-corrected chi connectivity index (χ1v) is 6.82. The van der Waals surface area contributed by atoms with Crippen LogP contribution in [0.5, 0.6) is 0 Å². The van der Waals surface area contributed by atoms with E-state index in [9.17, 15) is 9.59 Å². The van der Waals surface area contributed by atoms with Gasteiger partial charge in [0.2, 0.25) is 5.91 Å². The minimum atomic E-state index is -0.406. The van der Waals surface area contributed by atoms with Crippen molar-refractivity contribution in [1.29, 1.82) is 0 Å². The molecule has 0 radical (unpaired) electrons. The van der Waals surface area contributed by atoms with Crippen molar-refractivity contribution in [3.63, 3.8) is 0 Å². The van der Waals surface area contributed by atoms with Gasteiger partial charge in [0.15, 0.2) is 0 Å². The number of hydrogen-bond donors (Lipinski definition) is 2. The van der Waals surface area contributed by atoms with E-state index in [1.165, 1.54) is 7.11 Å². The number of benzene rings is 1. The molecule has 1 aromatic carbocycles. The minimum absolute atomic E-state index is 0. The third-order valence-corrected chi connectivity index (χ3v) is 3.55. The van der Waals surface area contributed by atoms with Crippen LogP contribution in [0.3, 0.4) is 0 Å². The summed E-state index contributed by atoms with van der Waals surface area (Å²) in [5.41, 5.74) is 1.06. The van der Waals surface area contributed by atoms with E-state index < -0.39 is 5.97 Å². The average molecular weight is 313 g/mol. The Bertz CT molecular complexity index is 507. The maximum absolute atomic E-state index is 12.2. The molecule has 1 heterocycles. The van der Waals surface area contributed by atoms with Crippen LogP contribution in [-0.2, 0) is 9.53 Å². The van der Waals surface area contributed by atoms with Crippen LogP contribution in [0.1, 0.15) is 30.1 Å². The van der Waals surface area contributed by atoms with Crippen molar-refractivity contribution in [3.8, 4) is 0 Å². The molecule has 1 saturated heterocycles. The lowest BCUT2D eigenvalue weighted by Crippen LogP contribution is -2.40. The fraction of sp³-hybridized carbons (Fsp3) is 0.467. The van der Waals surface area contributed by atoms with Gasteiger partial charge in [0.05, 0.1) is 12.7 Å². The highest BCUT2D eigenvalue weighted by atomic mass is 35.5. The number of ether oxygens (including phenoxy) is 1. The van der Waals surface area contributed by atoms with Crippen LogP contribution >= 0.6 is 12.4 Å². The zero-order chi connectivity index (χ0) is 14.5. The molecule has 1 aliphatic heterocycles. The van der Waals surface area contributed by atoms with Gasteiger partial charge in [0.1, 0.15) is 0 Å².